The van der Waals surface area contributed by atoms with Crippen molar-refractivity contribution in [1.29, 1.82) is 0 Å². The SMILES string of the molecule is O=C(NCc1ccc(F)c(Cl)c1)c1ccnc(C(=O)O)c1. The largest absolute Gasteiger partial charge is 0.477 e. The number of hydrogen-bond donors (Lipinski definition) is 2. The van der Waals surface area contributed by atoms with Crippen molar-refractivity contribution in [3.05, 3.63) is 64.2 Å². The normalized spacial score (nSPS) is 10.2. The Bertz CT molecular complexity index is 706. The van der Waals surface area contributed by atoms with Crippen LogP contribution in [0, 0.1) is 5.82 Å². The van der Waals surface area contributed by atoms with E-state index in [9.17, 15) is 14.0 Å². The highest BCUT2D eigenvalue weighted by molar-refractivity contribution is 6.30. The van der Waals surface area contributed by atoms with E-state index in [4.69, 9.17) is 16.7 Å². The molecule has 0 saturated heterocycles. The Morgan fingerprint density at radius 2 is 2.05 bits per heavy atom. The first-order valence-corrected chi connectivity index (χ1v) is 6.26. The molecule has 0 aliphatic carbocycles. The number of aromatic nitrogens is 1. The number of nitrogens with zero attached hydrogens (tertiary/aromatic N) is 1. The standard InChI is InChI=1S/C14H10ClFN2O3/c15-10-5-8(1-2-11(10)16)7-18-13(19)9-3-4-17-12(6-9)14(20)21/h1-6H,7H2,(H,18,19)(H,20,21). The molecule has 0 aliphatic heterocycles. The molecule has 1 heterocycles. The summed E-state index contributed by atoms with van der Waals surface area (Å²) in [5.74, 6) is -2.21. The van der Waals surface area contributed by atoms with Crippen molar-refractivity contribution in [3.8, 4) is 0 Å². The van der Waals surface area contributed by atoms with Crippen molar-refractivity contribution < 1.29 is 19.1 Å². The van der Waals surface area contributed by atoms with Crippen molar-refractivity contribution in [2.24, 2.45) is 0 Å². The van der Waals surface area contributed by atoms with E-state index < -0.39 is 17.7 Å². The average Bonchev–Trinajstić information content (AvgIpc) is 2.48. The van der Waals surface area contributed by atoms with Crippen LogP contribution in [-0.2, 0) is 6.54 Å². The van der Waals surface area contributed by atoms with Gasteiger partial charge in [0.2, 0.25) is 0 Å². The Kier molecular flexibility index (Phi) is 4.49. The fraction of sp³-hybridized carbons (Fsp3) is 0.0714. The first kappa shape index (κ1) is 14.9. The minimum absolute atomic E-state index is 0.0289. The van der Waals surface area contributed by atoms with Gasteiger partial charge in [0.25, 0.3) is 5.91 Å². The summed E-state index contributed by atoms with van der Waals surface area (Å²) in [6.07, 6.45) is 1.24. The van der Waals surface area contributed by atoms with Gasteiger partial charge in [0.15, 0.2) is 0 Å². The number of aromatic carboxylic acids is 1. The molecule has 0 fully saturated rings. The summed E-state index contributed by atoms with van der Waals surface area (Å²) in [5, 5.41) is 11.4. The Morgan fingerprint density at radius 3 is 2.71 bits per heavy atom. The number of pyridine rings is 1. The summed E-state index contributed by atoms with van der Waals surface area (Å²) in [6.45, 7) is 0.142. The molecule has 2 aromatic rings. The van der Waals surface area contributed by atoms with Crippen LogP contribution in [0.4, 0.5) is 4.39 Å². The second-order valence-corrected chi connectivity index (χ2v) is 4.57. The smallest absolute Gasteiger partial charge is 0.354 e. The molecule has 21 heavy (non-hydrogen) atoms. The average molecular weight is 309 g/mol. The molecule has 0 saturated carbocycles. The molecule has 5 nitrogen and oxygen atoms in total. The third kappa shape index (κ3) is 3.76. The molecule has 0 bridgehead atoms. The predicted octanol–water partition coefficient (Wildman–Crippen LogP) is 2.50. The summed E-state index contributed by atoms with van der Waals surface area (Å²) in [6, 6.07) is 6.69. The molecule has 1 amide bonds. The minimum Gasteiger partial charge on any atom is -0.477 e. The topological polar surface area (TPSA) is 79.3 Å². The lowest BCUT2D eigenvalue weighted by Gasteiger charge is -2.06. The number of benzene rings is 1. The molecule has 0 aliphatic rings. The van der Waals surface area contributed by atoms with Gasteiger partial charge in [-0.1, -0.05) is 17.7 Å². The highest BCUT2D eigenvalue weighted by Gasteiger charge is 2.10. The van der Waals surface area contributed by atoms with Crippen molar-refractivity contribution in [2.75, 3.05) is 0 Å². The summed E-state index contributed by atoms with van der Waals surface area (Å²) in [5.41, 5.74) is 0.588. The van der Waals surface area contributed by atoms with Gasteiger partial charge in [-0.2, -0.15) is 0 Å². The fourth-order valence-electron chi connectivity index (χ4n) is 1.62. The van der Waals surface area contributed by atoms with E-state index in [2.05, 4.69) is 10.3 Å². The zero-order chi connectivity index (χ0) is 15.4. The summed E-state index contributed by atoms with van der Waals surface area (Å²) >= 11 is 5.64. The summed E-state index contributed by atoms with van der Waals surface area (Å²) in [7, 11) is 0. The Morgan fingerprint density at radius 1 is 1.29 bits per heavy atom. The number of carbonyl (C=O) groups excluding carboxylic acids is 1. The highest BCUT2D eigenvalue weighted by atomic mass is 35.5. The number of carboxylic acids is 1. The fourth-order valence-corrected chi connectivity index (χ4v) is 1.83. The first-order valence-electron chi connectivity index (χ1n) is 5.89. The molecule has 7 heteroatoms. The van der Waals surface area contributed by atoms with Gasteiger partial charge in [-0.25, -0.2) is 14.2 Å². The number of halogens is 2. The quantitative estimate of drug-likeness (QED) is 0.909. The molecule has 0 atom stereocenters. The van der Waals surface area contributed by atoms with E-state index in [-0.39, 0.29) is 22.8 Å². The van der Waals surface area contributed by atoms with Gasteiger partial charge >= 0.3 is 5.97 Å². The van der Waals surface area contributed by atoms with Crippen LogP contribution in [0.15, 0.2) is 36.5 Å². The maximum absolute atomic E-state index is 13.0. The molecule has 1 aromatic heterocycles. The van der Waals surface area contributed by atoms with Crippen LogP contribution >= 0.6 is 11.6 Å². The van der Waals surface area contributed by atoms with Gasteiger partial charge < -0.3 is 10.4 Å². The highest BCUT2D eigenvalue weighted by Crippen LogP contribution is 2.16. The van der Waals surface area contributed by atoms with Crippen molar-refractivity contribution in [1.82, 2.24) is 10.3 Å². The van der Waals surface area contributed by atoms with E-state index >= 15 is 0 Å². The number of nitrogens with one attached hydrogen (secondary N) is 1. The molecule has 0 unspecified atom stereocenters. The number of rotatable bonds is 4. The monoisotopic (exact) mass is 308 g/mol. The zero-order valence-corrected chi connectivity index (χ0v) is 11.4. The lowest BCUT2D eigenvalue weighted by molar-refractivity contribution is 0.0690. The molecule has 0 radical (unpaired) electrons. The van der Waals surface area contributed by atoms with Gasteiger partial charge in [-0.05, 0) is 29.8 Å². The lowest BCUT2D eigenvalue weighted by Crippen LogP contribution is -2.23. The summed E-state index contributed by atoms with van der Waals surface area (Å²) in [4.78, 5) is 26.3. The summed E-state index contributed by atoms with van der Waals surface area (Å²) < 4.78 is 13.0. The maximum atomic E-state index is 13.0. The van der Waals surface area contributed by atoms with Crippen molar-refractivity contribution in [3.63, 3.8) is 0 Å². The van der Waals surface area contributed by atoms with Crippen LogP contribution < -0.4 is 5.32 Å². The molecular formula is C14H10ClFN2O3. The molecule has 1 aromatic carbocycles. The van der Waals surface area contributed by atoms with Crippen LogP contribution in [0.25, 0.3) is 0 Å². The van der Waals surface area contributed by atoms with Crippen LogP contribution in [0.5, 0.6) is 0 Å². The van der Waals surface area contributed by atoms with E-state index in [0.717, 1.165) is 0 Å². The lowest BCUT2D eigenvalue weighted by atomic mass is 10.2. The van der Waals surface area contributed by atoms with Gasteiger partial charge in [0, 0.05) is 18.3 Å². The van der Waals surface area contributed by atoms with Crippen LogP contribution in [0.2, 0.25) is 5.02 Å². The predicted molar refractivity (Wildman–Crippen MR) is 73.8 cm³/mol. The Labute approximate surface area is 124 Å². The third-order valence-corrected chi connectivity index (χ3v) is 2.97. The van der Waals surface area contributed by atoms with Crippen LogP contribution in [0.3, 0.4) is 0 Å². The number of carboxylic acid groups (broad SMARTS) is 1. The van der Waals surface area contributed by atoms with Gasteiger partial charge in [-0.15, -0.1) is 0 Å². The third-order valence-electron chi connectivity index (χ3n) is 2.68. The van der Waals surface area contributed by atoms with E-state index in [0.29, 0.717) is 5.56 Å². The van der Waals surface area contributed by atoms with E-state index in [1.165, 1.54) is 36.5 Å². The van der Waals surface area contributed by atoms with Gasteiger partial charge in [0.1, 0.15) is 11.5 Å². The maximum Gasteiger partial charge on any atom is 0.354 e. The second-order valence-electron chi connectivity index (χ2n) is 4.17. The van der Waals surface area contributed by atoms with E-state index in [1.54, 1.807) is 0 Å². The van der Waals surface area contributed by atoms with E-state index in [1.807, 2.05) is 0 Å². The number of amides is 1. The molecule has 2 N–H and O–H groups in total. The number of hydrogen-bond acceptors (Lipinski definition) is 3. The zero-order valence-electron chi connectivity index (χ0n) is 10.6. The molecular weight excluding hydrogens is 299 g/mol. The second kappa shape index (κ2) is 6.32. The van der Waals surface area contributed by atoms with Crippen molar-refractivity contribution in [2.45, 2.75) is 6.54 Å². The minimum atomic E-state index is -1.21. The molecule has 0 spiro atoms. The molecule has 2 rings (SSSR count). The number of carbonyl (C=O) groups is 2. The van der Waals surface area contributed by atoms with Crippen molar-refractivity contribution >= 4 is 23.5 Å². The Hall–Kier alpha value is -2.47. The molecule has 108 valence electrons. The van der Waals surface area contributed by atoms with Gasteiger partial charge in [0.05, 0.1) is 5.02 Å². The Balaban J connectivity index is 2.06. The van der Waals surface area contributed by atoms with Crippen LogP contribution in [0.1, 0.15) is 26.4 Å². The first-order chi connectivity index (χ1) is 9.97. The van der Waals surface area contributed by atoms with Crippen LogP contribution in [-0.4, -0.2) is 22.0 Å². The van der Waals surface area contributed by atoms with Gasteiger partial charge in [-0.3, -0.25) is 4.79 Å².